The van der Waals surface area contributed by atoms with Gasteiger partial charge in [0, 0.05) is 11.3 Å². The third-order valence-corrected chi connectivity index (χ3v) is 13.9. The van der Waals surface area contributed by atoms with E-state index in [-0.39, 0.29) is 11.2 Å². The summed E-state index contributed by atoms with van der Waals surface area (Å²) in [6, 6.07) is 0. The van der Waals surface area contributed by atoms with Gasteiger partial charge in [0.2, 0.25) is 0 Å². The third kappa shape index (κ3) is 1.72. The lowest BCUT2D eigenvalue weighted by Gasteiger charge is -2.69. The zero-order valence-electron chi connectivity index (χ0n) is 21.5. The molecule has 1 heterocycles. The fourth-order valence-corrected chi connectivity index (χ4v) is 11.3. The molecule has 9 aliphatic carbocycles. The molecule has 6 bridgehead atoms. The highest BCUT2D eigenvalue weighted by Crippen LogP contribution is 2.84. The summed E-state index contributed by atoms with van der Waals surface area (Å²) in [5.74, 6) is 4.10. The van der Waals surface area contributed by atoms with Crippen LogP contribution in [-0.4, -0.2) is 11.2 Å². The number of hydrogen-bond donors (Lipinski definition) is 0. The van der Waals surface area contributed by atoms with Gasteiger partial charge >= 0.3 is 0 Å². The molecule has 1 saturated heterocycles. The largest absolute Gasteiger partial charge is 0.362 e. The molecule has 0 aromatic rings. The summed E-state index contributed by atoms with van der Waals surface area (Å²) in [5, 5.41) is 0. The summed E-state index contributed by atoms with van der Waals surface area (Å²) >= 11 is 0. The highest BCUT2D eigenvalue weighted by atomic mass is 16.6. The number of allylic oxidation sites excluding steroid dienone is 4. The van der Waals surface area contributed by atoms with Gasteiger partial charge in [-0.1, -0.05) is 63.8 Å². The smallest absolute Gasteiger partial charge is 0.104 e. The summed E-state index contributed by atoms with van der Waals surface area (Å²) in [6.45, 7) is 22.8. The van der Waals surface area contributed by atoms with Gasteiger partial charge in [0.15, 0.2) is 0 Å². The molecular weight excluding hydrogens is 376 g/mol. The maximum atomic E-state index is 6.94. The second kappa shape index (κ2) is 4.94. The SMILES string of the molecule is CC1=C2CC(CC1C1(C3CC4CC5(OC35C)C4(C)C)CC3CC(=C1C)C3(C)C)C2(C)C. The molecule has 8 unspecified atom stereocenters. The second-order valence-electron chi connectivity index (χ2n) is 15.0. The maximum absolute atomic E-state index is 6.94. The molecule has 0 amide bonds. The zero-order valence-corrected chi connectivity index (χ0v) is 21.5. The van der Waals surface area contributed by atoms with Crippen LogP contribution in [0.4, 0.5) is 0 Å². The highest BCUT2D eigenvalue weighted by molar-refractivity contribution is 5.47. The molecule has 170 valence electrons. The summed E-state index contributed by atoms with van der Waals surface area (Å²) in [4.78, 5) is 0. The van der Waals surface area contributed by atoms with Gasteiger partial charge in [0.25, 0.3) is 0 Å². The maximum Gasteiger partial charge on any atom is 0.104 e. The van der Waals surface area contributed by atoms with Gasteiger partial charge in [-0.25, -0.2) is 0 Å². The molecule has 31 heavy (non-hydrogen) atoms. The summed E-state index contributed by atoms with van der Waals surface area (Å²) < 4.78 is 6.94. The van der Waals surface area contributed by atoms with E-state index in [4.69, 9.17) is 4.74 Å². The van der Waals surface area contributed by atoms with Crippen molar-refractivity contribution in [3.63, 3.8) is 0 Å². The lowest BCUT2D eigenvalue weighted by Crippen LogP contribution is -2.67. The minimum absolute atomic E-state index is 0.100. The number of hydrogen-bond acceptors (Lipinski definition) is 1. The monoisotopic (exact) mass is 420 g/mol. The zero-order chi connectivity index (χ0) is 22.1. The standard InChI is InChI=1S/C30H44O/c1-16-21-10-18(25(21,3)4)11-22(16)29(14-19-12-23(17(29)2)26(19,5)6)24-13-20-15-30(27(20,7)8)28(24,9)31-30/h18-20,22,24H,10-15H2,1-9H3. The number of epoxide rings is 1. The van der Waals surface area contributed by atoms with Gasteiger partial charge in [-0.05, 0) is 99.2 Å². The average molecular weight is 421 g/mol. The molecule has 10 rings (SSSR count). The Balaban J connectivity index is 1.41. The normalized spacial score (nSPS) is 56.2. The Hall–Kier alpha value is -0.560. The van der Waals surface area contributed by atoms with E-state index in [1.54, 1.807) is 5.57 Å². The molecule has 8 atom stereocenters. The van der Waals surface area contributed by atoms with E-state index >= 15 is 0 Å². The fourth-order valence-electron chi connectivity index (χ4n) is 11.3. The van der Waals surface area contributed by atoms with E-state index in [1.807, 2.05) is 16.7 Å². The van der Waals surface area contributed by atoms with Crippen molar-refractivity contribution in [1.29, 1.82) is 0 Å². The summed E-state index contributed by atoms with van der Waals surface area (Å²) in [7, 11) is 0. The van der Waals surface area contributed by atoms with Gasteiger partial charge in [0.05, 0.1) is 5.60 Å². The Bertz CT molecular complexity index is 990. The lowest BCUT2D eigenvalue weighted by molar-refractivity contribution is -0.121. The van der Waals surface area contributed by atoms with Crippen LogP contribution in [-0.2, 0) is 4.74 Å². The molecule has 1 spiro atoms. The molecule has 0 N–H and O–H groups in total. The van der Waals surface area contributed by atoms with Crippen LogP contribution < -0.4 is 0 Å². The van der Waals surface area contributed by atoms with Crippen LogP contribution in [0.25, 0.3) is 0 Å². The molecule has 0 aromatic carbocycles. The van der Waals surface area contributed by atoms with Crippen molar-refractivity contribution in [2.24, 2.45) is 51.2 Å². The minimum atomic E-state index is 0.100. The van der Waals surface area contributed by atoms with E-state index in [1.165, 1.54) is 38.5 Å². The predicted molar refractivity (Wildman–Crippen MR) is 127 cm³/mol. The Morgan fingerprint density at radius 2 is 1.39 bits per heavy atom. The first kappa shape index (κ1) is 19.9. The minimum Gasteiger partial charge on any atom is -0.362 e. The van der Waals surface area contributed by atoms with Crippen LogP contribution in [0.3, 0.4) is 0 Å². The van der Waals surface area contributed by atoms with Gasteiger partial charge in [-0.2, -0.15) is 0 Å². The quantitative estimate of drug-likeness (QED) is 0.329. The van der Waals surface area contributed by atoms with Crippen molar-refractivity contribution in [2.75, 3.05) is 0 Å². The molecule has 5 saturated carbocycles. The van der Waals surface area contributed by atoms with Gasteiger partial charge in [-0.3, -0.25) is 0 Å². The third-order valence-electron chi connectivity index (χ3n) is 13.9. The molecule has 1 heteroatoms. The van der Waals surface area contributed by atoms with Crippen molar-refractivity contribution < 1.29 is 4.74 Å². The van der Waals surface area contributed by atoms with Crippen molar-refractivity contribution in [3.05, 3.63) is 22.3 Å². The van der Waals surface area contributed by atoms with E-state index in [0.29, 0.717) is 27.6 Å². The van der Waals surface area contributed by atoms with Crippen molar-refractivity contribution in [1.82, 2.24) is 0 Å². The topological polar surface area (TPSA) is 12.5 Å². The van der Waals surface area contributed by atoms with Crippen LogP contribution in [0, 0.1) is 51.2 Å². The summed E-state index contributed by atoms with van der Waals surface area (Å²) in [6.07, 6.45) is 8.33. The molecule has 10 aliphatic rings. The van der Waals surface area contributed by atoms with Crippen LogP contribution in [0.2, 0.25) is 0 Å². The van der Waals surface area contributed by atoms with E-state index in [0.717, 1.165) is 23.7 Å². The first-order valence-electron chi connectivity index (χ1n) is 13.4. The van der Waals surface area contributed by atoms with Crippen LogP contribution in [0.15, 0.2) is 22.3 Å². The first-order chi connectivity index (χ1) is 14.2. The Kier molecular flexibility index (Phi) is 3.17. The molecule has 1 aliphatic heterocycles. The number of ether oxygens (including phenoxy) is 1. The lowest BCUT2D eigenvalue weighted by atomic mass is 9.33. The Morgan fingerprint density at radius 1 is 0.742 bits per heavy atom. The van der Waals surface area contributed by atoms with Gasteiger partial charge < -0.3 is 4.74 Å². The average Bonchev–Trinajstić information content (AvgIpc) is 3.37. The highest BCUT2D eigenvalue weighted by Gasteiger charge is 2.88. The van der Waals surface area contributed by atoms with Gasteiger partial charge in [0.1, 0.15) is 5.60 Å². The molecule has 0 radical (unpaired) electrons. The van der Waals surface area contributed by atoms with Crippen molar-refractivity contribution in [3.8, 4) is 0 Å². The van der Waals surface area contributed by atoms with E-state index in [9.17, 15) is 0 Å². The number of fused-ring (bicyclic) bond motifs is 7. The summed E-state index contributed by atoms with van der Waals surface area (Å²) in [5.41, 5.74) is 9.17. The van der Waals surface area contributed by atoms with Crippen molar-refractivity contribution in [2.45, 2.75) is 112 Å². The Morgan fingerprint density at radius 3 is 1.94 bits per heavy atom. The predicted octanol–water partition coefficient (Wildman–Crippen LogP) is 7.72. The van der Waals surface area contributed by atoms with Crippen LogP contribution in [0.1, 0.15) is 101 Å². The molecular formula is C30H44O. The Labute approximate surface area is 190 Å². The van der Waals surface area contributed by atoms with Crippen molar-refractivity contribution >= 4 is 0 Å². The molecule has 0 aromatic heterocycles. The van der Waals surface area contributed by atoms with E-state index < -0.39 is 0 Å². The first-order valence-corrected chi connectivity index (χ1v) is 13.4. The van der Waals surface area contributed by atoms with Crippen LogP contribution >= 0.6 is 0 Å². The van der Waals surface area contributed by atoms with E-state index in [2.05, 4.69) is 62.3 Å². The second-order valence-corrected chi connectivity index (χ2v) is 15.0. The number of rotatable bonds is 2. The fraction of sp³-hybridized carbons (Fsp3) is 0.867. The van der Waals surface area contributed by atoms with Crippen LogP contribution in [0.5, 0.6) is 0 Å². The molecule has 6 fully saturated rings. The van der Waals surface area contributed by atoms with Gasteiger partial charge in [-0.15, -0.1) is 0 Å². The molecule has 1 nitrogen and oxygen atoms in total.